The fourth-order valence-corrected chi connectivity index (χ4v) is 1.75. The Morgan fingerprint density at radius 1 is 0.895 bits per heavy atom. The van der Waals surface area contributed by atoms with E-state index in [4.69, 9.17) is 0 Å². The maximum atomic E-state index is 12.5. The van der Waals surface area contributed by atoms with E-state index in [1.54, 1.807) is 0 Å². The van der Waals surface area contributed by atoms with Crippen LogP contribution in [0.15, 0.2) is 18.2 Å². The molecule has 108 valence electrons. The molecule has 0 aliphatic carbocycles. The summed E-state index contributed by atoms with van der Waals surface area (Å²) in [6.07, 6.45) is -9.02. The molecule has 1 aromatic carbocycles. The van der Waals surface area contributed by atoms with E-state index in [0.717, 1.165) is 12.1 Å². The van der Waals surface area contributed by atoms with Crippen LogP contribution in [0.25, 0.3) is 0 Å². The number of nitrogens with one attached hydrogen (secondary N) is 1. The quantitative estimate of drug-likeness (QED) is 0.768. The van der Waals surface area contributed by atoms with Gasteiger partial charge < -0.3 is 5.32 Å². The topological polar surface area (TPSA) is 12.0 Å². The van der Waals surface area contributed by atoms with Crippen LogP contribution in [0.3, 0.4) is 0 Å². The van der Waals surface area contributed by atoms with Gasteiger partial charge in [0.25, 0.3) is 0 Å². The van der Waals surface area contributed by atoms with Crippen LogP contribution in [-0.2, 0) is 12.4 Å². The maximum Gasteiger partial charge on any atom is 0.416 e. The highest BCUT2D eigenvalue weighted by Crippen LogP contribution is 2.38. The molecule has 0 radical (unpaired) electrons. The SMILES string of the molecule is Cl.FC(F)(F)c1cc([C@H]2CCN2)cc(C(F)(F)F)c1. The zero-order chi connectivity index (χ0) is 13.6. The van der Waals surface area contributed by atoms with Gasteiger partial charge in [-0.15, -0.1) is 12.4 Å². The molecule has 8 heteroatoms. The highest BCUT2D eigenvalue weighted by Gasteiger charge is 2.37. The molecule has 0 spiro atoms. The average Bonchev–Trinajstić information content (AvgIpc) is 2.11. The van der Waals surface area contributed by atoms with Crippen LogP contribution in [0.4, 0.5) is 26.3 Å². The highest BCUT2D eigenvalue weighted by atomic mass is 35.5. The van der Waals surface area contributed by atoms with E-state index in [1.807, 2.05) is 0 Å². The molecule has 1 fully saturated rings. The molecule has 1 N–H and O–H groups in total. The number of benzene rings is 1. The summed E-state index contributed by atoms with van der Waals surface area (Å²) in [4.78, 5) is 0. The molecule has 0 bridgehead atoms. The summed E-state index contributed by atoms with van der Waals surface area (Å²) in [6.45, 7) is 0.599. The van der Waals surface area contributed by atoms with Gasteiger partial charge in [0.15, 0.2) is 0 Å². The second kappa shape index (κ2) is 5.20. The first kappa shape index (κ1) is 16.1. The second-order valence-corrected chi connectivity index (χ2v) is 4.13. The van der Waals surface area contributed by atoms with Gasteiger partial charge in [-0.3, -0.25) is 0 Å². The first-order chi connectivity index (χ1) is 8.18. The Bertz CT molecular complexity index is 417. The predicted octanol–water partition coefficient (Wildman–Crippen LogP) is 4.18. The highest BCUT2D eigenvalue weighted by molar-refractivity contribution is 5.85. The van der Waals surface area contributed by atoms with Crippen molar-refractivity contribution in [3.8, 4) is 0 Å². The zero-order valence-corrected chi connectivity index (χ0v) is 10.2. The number of alkyl halides is 6. The van der Waals surface area contributed by atoms with Gasteiger partial charge in [0.05, 0.1) is 11.1 Å². The van der Waals surface area contributed by atoms with Crippen molar-refractivity contribution in [3.05, 3.63) is 34.9 Å². The summed E-state index contributed by atoms with van der Waals surface area (Å²) < 4.78 is 75.2. The third-order valence-electron chi connectivity index (χ3n) is 2.84. The standard InChI is InChI=1S/C11H9F6N.ClH/c12-10(13,14)7-3-6(9-1-2-18-9)4-8(5-7)11(15,16)17;/h3-5,9,18H,1-2H2;1H/t9-;/m1./s1. The van der Waals surface area contributed by atoms with E-state index >= 15 is 0 Å². The first-order valence-corrected chi connectivity index (χ1v) is 5.21. The smallest absolute Gasteiger partial charge is 0.310 e. The molecule has 0 unspecified atom stereocenters. The zero-order valence-electron chi connectivity index (χ0n) is 9.40. The molecular weight excluding hydrogens is 296 g/mol. The lowest BCUT2D eigenvalue weighted by molar-refractivity contribution is -0.143. The van der Waals surface area contributed by atoms with E-state index in [0.29, 0.717) is 13.0 Å². The van der Waals surface area contributed by atoms with Gasteiger partial charge in [-0.2, -0.15) is 26.3 Å². The molecule has 1 aliphatic heterocycles. The predicted molar refractivity (Wildman–Crippen MR) is 59.1 cm³/mol. The fraction of sp³-hybridized carbons (Fsp3) is 0.455. The molecule has 0 saturated carbocycles. The van der Waals surface area contributed by atoms with E-state index in [1.165, 1.54) is 0 Å². The summed E-state index contributed by atoms with van der Waals surface area (Å²) in [7, 11) is 0. The summed E-state index contributed by atoms with van der Waals surface area (Å²) in [5.74, 6) is 0. The molecule has 1 aromatic rings. The minimum Gasteiger partial charge on any atom is -0.310 e. The Morgan fingerprint density at radius 3 is 1.58 bits per heavy atom. The van der Waals surface area contributed by atoms with Crippen LogP contribution < -0.4 is 5.32 Å². The Labute approximate surface area is 111 Å². The van der Waals surface area contributed by atoms with Gasteiger partial charge in [0.2, 0.25) is 0 Å². The Balaban J connectivity index is 0.00000180. The molecular formula is C11H10ClF6N. The van der Waals surface area contributed by atoms with Crippen LogP contribution in [0.1, 0.15) is 29.2 Å². The third-order valence-corrected chi connectivity index (χ3v) is 2.84. The van der Waals surface area contributed by atoms with Crippen LogP contribution in [0.5, 0.6) is 0 Å². The van der Waals surface area contributed by atoms with Gasteiger partial charge in [-0.25, -0.2) is 0 Å². The van der Waals surface area contributed by atoms with Gasteiger partial charge in [0.1, 0.15) is 0 Å². The summed E-state index contributed by atoms with van der Waals surface area (Å²) in [6, 6.07) is 1.26. The second-order valence-electron chi connectivity index (χ2n) is 4.13. The van der Waals surface area contributed by atoms with Crippen molar-refractivity contribution in [2.75, 3.05) is 6.54 Å². The Hall–Kier alpha value is -0.950. The average molecular weight is 306 g/mol. The Kier molecular flexibility index (Phi) is 4.41. The molecule has 0 aromatic heterocycles. The largest absolute Gasteiger partial charge is 0.416 e. The van der Waals surface area contributed by atoms with Crippen LogP contribution in [0.2, 0.25) is 0 Å². The van der Waals surface area contributed by atoms with Gasteiger partial charge >= 0.3 is 12.4 Å². The first-order valence-electron chi connectivity index (χ1n) is 5.21. The van der Waals surface area contributed by atoms with Gasteiger partial charge in [-0.1, -0.05) is 0 Å². The number of hydrogen-bond acceptors (Lipinski definition) is 1. The van der Waals surface area contributed by atoms with Crippen molar-refractivity contribution in [2.45, 2.75) is 24.8 Å². The van der Waals surface area contributed by atoms with E-state index < -0.39 is 29.5 Å². The van der Waals surface area contributed by atoms with Crippen molar-refractivity contribution < 1.29 is 26.3 Å². The van der Waals surface area contributed by atoms with Gasteiger partial charge in [0, 0.05) is 6.04 Å². The van der Waals surface area contributed by atoms with E-state index in [-0.39, 0.29) is 24.0 Å². The van der Waals surface area contributed by atoms with Crippen molar-refractivity contribution >= 4 is 12.4 Å². The maximum absolute atomic E-state index is 12.5. The lowest BCUT2D eigenvalue weighted by atomic mass is 9.94. The minimum atomic E-state index is -4.78. The summed E-state index contributed by atoms with van der Waals surface area (Å²) >= 11 is 0. The van der Waals surface area contributed by atoms with Crippen LogP contribution in [-0.4, -0.2) is 6.54 Å². The molecule has 1 nitrogen and oxygen atoms in total. The lowest BCUT2D eigenvalue weighted by Gasteiger charge is -2.29. The molecule has 1 heterocycles. The number of rotatable bonds is 1. The Morgan fingerprint density at radius 2 is 1.32 bits per heavy atom. The van der Waals surface area contributed by atoms with E-state index in [2.05, 4.69) is 5.32 Å². The molecule has 0 amide bonds. The minimum absolute atomic E-state index is 0. The lowest BCUT2D eigenvalue weighted by Crippen LogP contribution is -2.35. The molecule has 1 atom stereocenters. The molecule has 19 heavy (non-hydrogen) atoms. The molecule has 1 saturated heterocycles. The fourth-order valence-electron chi connectivity index (χ4n) is 1.75. The monoisotopic (exact) mass is 305 g/mol. The van der Waals surface area contributed by atoms with Crippen molar-refractivity contribution in [1.82, 2.24) is 5.32 Å². The summed E-state index contributed by atoms with van der Waals surface area (Å²) in [5.41, 5.74) is -2.49. The number of hydrogen-bond donors (Lipinski definition) is 1. The number of halogens is 7. The van der Waals surface area contributed by atoms with Gasteiger partial charge in [-0.05, 0) is 36.7 Å². The van der Waals surface area contributed by atoms with Crippen molar-refractivity contribution in [3.63, 3.8) is 0 Å². The normalized spacial score (nSPS) is 19.6. The van der Waals surface area contributed by atoms with Crippen molar-refractivity contribution in [2.24, 2.45) is 0 Å². The molecule has 2 rings (SSSR count). The van der Waals surface area contributed by atoms with Crippen LogP contribution in [0, 0.1) is 0 Å². The summed E-state index contributed by atoms with van der Waals surface area (Å²) in [5, 5.41) is 2.78. The third kappa shape index (κ3) is 3.54. The van der Waals surface area contributed by atoms with Crippen molar-refractivity contribution in [1.29, 1.82) is 0 Å². The van der Waals surface area contributed by atoms with Crippen LogP contribution >= 0.6 is 12.4 Å². The van der Waals surface area contributed by atoms with E-state index in [9.17, 15) is 26.3 Å². The molecule has 1 aliphatic rings.